The van der Waals surface area contributed by atoms with Gasteiger partial charge < -0.3 is 14.6 Å². The third-order valence-corrected chi connectivity index (χ3v) is 3.27. The van der Waals surface area contributed by atoms with Crippen LogP contribution < -0.4 is 9.47 Å². The Kier molecular flexibility index (Phi) is 4.63. The van der Waals surface area contributed by atoms with Gasteiger partial charge in [0, 0.05) is 6.54 Å². The largest absolute Gasteiger partial charge is 0.493 e. The van der Waals surface area contributed by atoms with E-state index in [4.69, 9.17) is 14.6 Å². The monoisotopic (exact) mass is 265 g/mol. The highest BCUT2D eigenvalue weighted by Gasteiger charge is 2.13. The number of rotatable bonds is 6. The van der Waals surface area contributed by atoms with Gasteiger partial charge >= 0.3 is 5.97 Å². The van der Waals surface area contributed by atoms with Crippen LogP contribution in [-0.2, 0) is 0 Å². The Bertz CT molecular complexity index is 441. The van der Waals surface area contributed by atoms with Gasteiger partial charge in [0.1, 0.15) is 6.61 Å². The number of aromatic carboxylic acids is 1. The molecule has 0 saturated carbocycles. The van der Waals surface area contributed by atoms with E-state index in [1.165, 1.54) is 25.0 Å². The Morgan fingerprint density at radius 2 is 2.05 bits per heavy atom. The third kappa shape index (κ3) is 3.61. The van der Waals surface area contributed by atoms with Crippen molar-refractivity contribution in [2.24, 2.45) is 0 Å². The van der Waals surface area contributed by atoms with E-state index < -0.39 is 5.97 Å². The van der Waals surface area contributed by atoms with E-state index in [1.54, 1.807) is 13.2 Å². The quantitative estimate of drug-likeness (QED) is 0.851. The van der Waals surface area contributed by atoms with Crippen molar-refractivity contribution in [3.8, 4) is 11.5 Å². The second-order valence-corrected chi connectivity index (χ2v) is 4.57. The first kappa shape index (κ1) is 13.7. The highest BCUT2D eigenvalue weighted by molar-refractivity contribution is 5.88. The molecule has 0 spiro atoms. The Balaban J connectivity index is 1.96. The summed E-state index contributed by atoms with van der Waals surface area (Å²) in [4.78, 5) is 13.3. The van der Waals surface area contributed by atoms with Gasteiger partial charge in [0.2, 0.25) is 0 Å². The molecule has 1 aromatic carbocycles. The zero-order valence-electron chi connectivity index (χ0n) is 11.1. The number of hydrogen-bond donors (Lipinski definition) is 1. The predicted octanol–water partition coefficient (Wildman–Crippen LogP) is 1.87. The van der Waals surface area contributed by atoms with Crippen molar-refractivity contribution in [1.82, 2.24) is 4.90 Å². The average Bonchev–Trinajstić information content (AvgIpc) is 2.91. The molecule has 1 saturated heterocycles. The molecule has 1 fully saturated rings. The van der Waals surface area contributed by atoms with Crippen molar-refractivity contribution in [1.29, 1.82) is 0 Å². The van der Waals surface area contributed by atoms with Crippen LogP contribution >= 0.6 is 0 Å². The van der Waals surface area contributed by atoms with Crippen molar-refractivity contribution in [2.45, 2.75) is 12.8 Å². The molecule has 1 aliphatic heterocycles. The zero-order valence-corrected chi connectivity index (χ0v) is 11.1. The molecule has 0 radical (unpaired) electrons. The van der Waals surface area contributed by atoms with Crippen LogP contribution in [0.4, 0.5) is 0 Å². The number of carboxylic acid groups (broad SMARTS) is 1. The van der Waals surface area contributed by atoms with Gasteiger partial charge in [-0.15, -0.1) is 0 Å². The summed E-state index contributed by atoms with van der Waals surface area (Å²) in [7, 11) is 1.54. The highest BCUT2D eigenvalue weighted by atomic mass is 16.5. The molecule has 1 heterocycles. The summed E-state index contributed by atoms with van der Waals surface area (Å²) in [6.45, 7) is 3.64. The summed E-state index contributed by atoms with van der Waals surface area (Å²) in [6.07, 6.45) is 2.50. The van der Waals surface area contributed by atoms with Crippen LogP contribution in [0.25, 0.3) is 0 Å². The van der Waals surface area contributed by atoms with E-state index in [-0.39, 0.29) is 5.56 Å². The van der Waals surface area contributed by atoms with Crippen molar-refractivity contribution in [3.63, 3.8) is 0 Å². The molecule has 0 atom stereocenters. The molecule has 0 aromatic heterocycles. The second kappa shape index (κ2) is 6.43. The maximum atomic E-state index is 10.9. The van der Waals surface area contributed by atoms with Crippen LogP contribution in [0.2, 0.25) is 0 Å². The lowest BCUT2D eigenvalue weighted by Gasteiger charge is -2.16. The fourth-order valence-corrected chi connectivity index (χ4v) is 2.21. The van der Waals surface area contributed by atoms with Crippen LogP contribution in [0.15, 0.2) is 18.2 Å². The average molecular weight is 265 g/mol. The minimum atomic E-state index is -0.966. The van der Waals surface area contributed by atoms with E-state index in [0.717, 1.165) is 19.6 Å². The summed E-state index contributed by atoms with van der Waals surface area (Å²) in [5.41, 5.74) is 0.206. The van der Waals surface area contributed by atoms with Crippen LogP contribution in [0.5, 0.6) is 11.5 Å². The summed E-state index contributed by atoms with van der Waals surface area (Å²) in [6, 6.07) is 4.63. The SMILES string of the molecule is COc1ccc(C(=O)O)cc1OCCN1CCCC1. The number of methoxy groups -OCH3 is 1. The normalized spacial score (nSPS) is 15.4. The third-order valence-electron chi connectivity index (χ3n) is 3.27. The Morgan fingerprint density at radius 1 is 1.32 bits per heavy atom. The van der Waals surface area contributed by atoms with Crippen LogP contribution in [0, 0.1) is 0 Å². The highest BCUT2D eigenvalue weighted by Crippen LogP contribution is 2.28. The van der Waals surface area contributed by atoms with Crippen LogP contribution in [0.1, 0.15) is 23.2 Å². The summed E-state index contributed by atoms with van der Waals surface area (Å²) in [5.74, 6) is 0.0834. The van der Waals surface area contributed by atoms with Crippen molar-refractivity contribution in [3.05, 3.63) is 23.8 Å². The number of carboxylic acids is 1. The molecule has 0 amide bonds. The molecule has 0 unspecified atom stereocenters. The molecular formula is C14H19NO4. The first-order valence-corrected chi connectivity index (χ1v) is 6.47. The van der Waals surface area contributed by atoms with E-state index in [9.17, 15) is 4.79 Å². The van der Waals surface area contributed by atoms with Gasteiger partial charge in [-0.2, -0.15) is 0 Å². The van der Waals surface area contributed by atoms with Gasteiger partial charge in [-0.1, -0.05) is 0 Å². The fourth-order valence-electron chi connectivity index (χ4n) is 2.21. The minimum absolute atomic E-state index is 0.206. The number of likely N-dealkylation sites (tertiary alicyclic amines) is 1. The van der Waals surface area contributed by atoms with Crippen LogP contribution in [0.3, 0.4) is 0 Å². The molecule has 5 heteroatoms. The summed E-state index contributed by atoms with van der Waals surface area (Å²) in [5, 5.41) is 8.97. The molecule has 1 N–H and O–H groups in total. The maximum absolute atomic E-state index is 10.9. The lowest BCUT2D eigenvalue weighted by molar-refractivity contribution is 0.0696. The summed E-state index contributed by atoms with van der Waals surface area (Å²) >= 11 is 0. The molecule has 19 heavy (non-hydrogen) atoms. The standard InChI is InChI=1S/C14H19NO4/c1-18-12-5-4-11(14(16)17)10-13(12)19-9-8-15-6-2-3-7-15/h4-5,10H,2-3,6-9H2,1H3,(H,16,17). The molecular weight excluding hydrogens is 246 g/mol. The number of ether oxygens (including phenoxy) is 2. The minimum Gasteiger partial charge on any atom is -0.493 e. The number of nitrogens with zero attached hydrogens (tertiary/aromatic N) is 1. The van der Waals surface area contributed by atoms with Gasteiger partial charge in [0.15, 0.2) is 11.5 Å². The van der Waals surface area contributed by atoms with Gasteiger partial charge in [0.05, 0.1) is 12.7 Å². The molecule has 5 nitrogen and oxygen atoms in total. The number of benzene rings is 1. The Labute approximate surface area is 112 Å². The second-order valence-electron chi connectivity index (χ2n) is 4.57. The molecule has 104 valence electrons. The zero-order chi connectivity index (χ0) is 13.7. The van der Waals surface area contributed by atoms with E-state index >= 15 is 0 Å². The molecule has 2 rings (SSSR count). The number of hydrogen-bond acceptors (Lipinski definition) is 4. The lowest BCUT2D eigenvalue weighted by Crippen LogP contribution is -2.25. The Morgan fingerprint density at radius 3 is 2.68 bits per heavy atom. The summed E-state index contributed by atoms with van der Waals surface area (Å²) < 4.78 is 10.8. The molecule has 0 aliphatic carbocycles. The topological polar surface area (TPSA) is 59.0 Å². The molecule has 1 aromatic rings. The van der Waals surface area contributed by atoms with Crippen molar-refractivity contribution < 1.29 is 19.4 Å². The van der Waals surface area contributed by atoms with Crippen LogP contribution in [-0.4, -0.2) is 49.3 Å². The first-order valence-electron chi connectivity index (χ1n) is 6.47. The van der Waals surface area contributed by atoms with Gasteiger partial charge in [0.25, 0.3) is 0 Å². The Hall–Kier alpha value is -1.75. The van der Waals surface area contributed by atoms with E-state index in [0.29, 0.717) is 18.1 Å². The van der Waals surface area contributed by atoms with Crippen molar-refractivity contribution >= 4 is 5.97 Å². The lowest BCUT2D eigenvalue weighted by atomic mass is 10.2. The van der Waals surface area contributed by atoms with Crippen molar-refractivity contribution in [2.75, 3.05) is 33.4 Å². The predicted molar refractivity (Wildman–Crippen MR) is 71.1 cm³/mol. The first-order chi connectivity index (χ1) is 9.20. The van der Waals surface area contributed by atoms with E-state index in [1.807, 2.05) is 0 Å². The maximum Gasteiger partial charge on any atom is 0.335 e. The molecule has 1 aliphatic rings. The fraction of sp³-hybridized carbons (Fsp3) is 0.500. The molecule has 0 bridgehead atoms. The van der Waals surface area contributed by atoms with Gasteiger partial charge in [-0.05, 0) is 44.1 Å². The van der Waals surface area contributed by atoms with E-state index in [2.05, 4.69) is 4.90 Å². The van der Waals surface area contributed by atoms with Gasteiger partial charge in [-0.25, -0.2) is 4.79 Å². The van der Waals surface area contributed by atoms with Gasteiger partial charge in [-0.3, -0.25) is 4.90 Å². The smallest absolute Gasteiger partial charge is 0.335 e. The number of carbonyl (C=O) groups is 1.